The third kappa shape index (κ3) is 15.4. The standard InChI is InChI=1S/C36H63N3O8/c1-24(2)29(19-28-12-13-32(44-10)33(20-28)45-17-11-16-43-9)21-30(38-35(42)47-36(6,7)8)31(40)18-25(3)34(41)37-14-15-39-22-26(4)46-27(5)23-39/h12-13,20,24-27,29-31,40H,11,14-19,21-23H2,1-10H3,(H,37,41)(H,38,42)/t25?,26-,27+,29?,30?,31?. The number of aliphatic hydroxyl groups excluding tert-OH is 1. The molecule has 0 bridgehead atoms. The van der Waals surface area contributed by atoms with Crippen molar-refractivity contribution in [3.63, 3.8) is 0 Å². The Balaban J connectivity index is 2.11. The molecular formula is C36H63N3O8. The van der Waals surface area contributed by atoms with Crippen molar-refractivity contribution in [1.82, 2.24) is 15.5 Å². The molecule has 0 aromatic heterocycles. The maximum absolute atomic E-state index is 13.0. The summed E-state index contributed by atoms with van der Waals surface area (Å²) in [5.74, 6) is 1.10. The van der Waals surface area contributed by atoms with Crippen molar-refractivity contribution >= 4 is 12.0 Å². The molecule has 1 aromatic rings. The Labute approximate surface area is 283 Å². The first-order valence-corrected chi connectivity index (χ1v) is 17.2. The van der Waals surface area contributed by atoms with Crippen LogP contribution in [0.5, 0.6) is 11.5 Å². The minimum atomic E-state index is -0.957. The number of hydrogen-bond acceptors (Lipinski definition) is 9. The predicted molar refractivity (Wildman–Crippen MR) is 184 cm³/mol. The van der Waals surface area contributed by atoms with Crippen LogP contribution in [0.25, 0.3) is 0 Å². The molecule has 0 spiro atoms. The number of methoxy groups -OCH3 is 2. The monoisotopic (exact) mass is 665 g/mol. The van der Waals surface area contributed by atoms with Gasteiger partial charge in [0.15, 0.2) is 11.5 Å². The Morgan fingerprint density at radius 1 is 1.04 bits per heavy atom. The van der Waals surface area contributed by atoms with Crippen molar-refractivity contribution in [3.05, 3.63) is 23.8 Å². The zero-order valence-corrected chi connectivity index (χ0v) is 30.6. The van der Waals surface area contributed by atoms with Gasteiger partial charge in [-0.2, -0.15) is 0 Å². The number of nitrogens with one attached hydrogen (secondary N) is 2. The van der Waals surface area contributed by atoms with Crippen LogP contribution in [-0.4, -0.2) is 106 Å². The van der Waals surface area contributed by atoms with E-state index in [9.17, 15) is 14.7 Å². The number of ether oxygens (including phenoxy) is 5. The van der Waals surface area contributed by atoms with E-state index in [-0.39, 0.29) is 36.4 Å². The van der Waals surface area contributed by atoms with Crippen LogP contribution in [0.15, 0.2) is 18.2 Å². The van der Waals surface area contributed by atoms with Gasteiger partial charge in [-0.1, -0.05) is 26.8 Å². The second-order valence-corrected chi connectivity index (χ2v) is 14.4. The third-order valence-electron chi connectivity index (χ3n) is 8.41. The molecule has 47 heavy (non-hydrogen) atoms. The molecule has 0 saturated carbocycles. The van der Waals surface area contributed by atoms with Crippen LogP contribution < -0.4 is 20.1 Å². The van der Waals surface area contributed by atoms with E-state index < -0.39 is 29.8 Å². The minimum absolute atomic E-state index is 0.0989. The first-order chi connectivity index (χ1) is 22.1. The van der Waals surface area contributed by atoms with Crippen molar-refractivity contribution in [3.8, 4) is 11.5 Å². The summed E-state index contributed by atoms with van der Waals surface area (Å²) < 4.78 is 28.0. The van der Waals surface area contributed by atoms with Gasteiger partial charge in [0.1, 0.15) is 5.60 Å². The van der Waals surface area contributed by atoms with E-state index in [4.69, 9.17) is 23.7 Å². The summed E-state index contributed by atoms with van der Waals surface area (Å²) in [5.41, 5.74) is 0.372. The zero-order valence-electron chi connectivity index (χ0n) is 30.6. The lowest BCUT2D eigenvalue weighted by Gasteiger charge is -2.35. The van der Waals surface area contributed by atoms with Gasteiger partial charge >= 0.3 is 6.09 Å². The Bertz CT molecular complexity index is 1070. The minimum Gasteiger partial charge on any atom is -0.493 e. The molecule has 1 fully saturated rings. The molecule has 4 unspecified atom stereocenters. The smallest absolute Gasteiger partial charge is 0.407 e. The number of carbonyl (C=O) groups excluding carboxylic acids is 2. The van der Waals surface area contributed by atoms with Gasteiger partial charge in [-0.25, -0.2) is 4.79 Å². The van der Waals surface area contributed by atoms with Gasteiger partial charge in [-0.3, -0.25) is 9.69 Å². The first kappa shape index (κ1) is 40.6. The van der Waals surface area contributed by atoms with E-state index in [2.05, 4.69) is 43.2 Å². The molecule has 1 saturated heterocycles. The van der Waals surface area contributed by atoms with Crippen LogP contribution in [0.1, 0.15) is 80.2 Å². The van der Waals surface area contributed by atoms with Crippen molar-refractivity contribution in [1.29, 1.82) is 0 Å². The second kappa shape index (κ2) is 20.0. The number of nitrogens with zero attached hydrogens (tertiary/aromatic N) is 1. The molecule has 0 aliphatic carbocycles. The van der Waals surface area contributed by atoms with Crippen LogP contribution in [0, 0.1) is 17.8 Å². The molecule has 270 valence electrons. The number of hydrogen-bond donors (Lipinski definition) is 3. The topological polar surface area (TPSA) is 128 Å². The third-order valence-corrected chi connectivity index (χ3v) is 8.41. The van der Waals surface area contributed by atoms with E-state index >= 15 is 0 Å². The van der Waals surface area contributed by atoms with E-state index in [0.29, 0.717) is 44.1 Å². The second-order valence-electron chi connectivity index (χ2n) is 14.4. The number of benzene rings is 1. The van der Waals surface area contributed by atoms with Gasteiger partial charge in [0.2, 0.25) is 5.91 Å². The summed E-state index contributed by atoms with van der Waals surface area (Å²) in [6.45, 7) is 19.7. The van der Waals surface area contributed by atoms with Crippen molar-refractivity contribution in [2.75, 3.05) is 53.6 Å². The van der Waals surface area contributed by atoms with Gasteiger partial charge in [0.05, 0.1) is 38.1 Å². The average molecular weight is 666 g/mol. The van der Waals surface area contributed by atoms with E-state index in [1.54, 1.807) is 35.0 Å². The Hall–Kier alpha value is -2.60. The largest absolute Gasteiger partial charge is 0.493 e. The molecule has 1 aliphatic rings. The van der Waals surface area contributed by atoms with Crippen molar-refractivity contribution in [2.24, 2.45) is 17.8 Å². The molecule has 2 amide bonds. The van der Waals surface area contributed by atoms with E-state index in [0.717, 1.165) is 31.6 Å². The number of carbonyl (C=O) groups is 2. The molecule has 2 rings (SSSR count). The van der Waals surface area contributed by atoms with Crippen LogP contribution in [0.2, 0.25) is 0 Å². The summed E-state index contributed by atoms with van der Waals surface area (Å²) in [7, 11) is 3.29. The predicted octanol–water partition coefficient (Wildman–Crippen LogP) is 4.82. The molecule has 11 heteroatoms. The van der Waals surface area contributed by atoms with Gasteiger partial charge < -0.3 is 39.4 Å². The Morgan fingerprint density at radius 2 is 1.72 bits per heavy atom. The van der Waals surface area contributed by atoms with Crippen molar-refractivity contribution < 1.29 is 38.4 Å². The normalized spacial score (nSPS) is 19.8. The molecule has 6 atom stereocenters. The van der Waals surface area contributed by atoms with E-state index in [1.807, 2.05) is 25.1 Å². The van der Waals surface area contributed by atoms with Crippen LogP contribution in [-0.2, 0) is 25.4 Å². The lowest BCUT2D eigenvalue weighted by molar-refractivity contribution is -0.125. The molecule has 0 radical (unpaired) electrons. The quantitative estimate of drug-likeness (QED) is 0.178. The lowest BCUT2D eigenvalue weighted by Crippen LogP contribution is -2.49. The summed E-state index contributed by atoms with van der Waals surface area (Å²) in [5, 5.41) is 17.5. The number of alkyl carbamates (subject to hydrolysis) is 1. The van der Waals surface area contributed by atoms with Gasteiger partial charge in [-0.05, 0) is 83.4 Å². The number of aliphatic hydroxyl groups is 1. The van der Waals surface area contributed by atoms with Gasteiger partial charge in [0, 0.05) is 52.2 Å². The number of morpholine rings is 1. The van der Waals surface area contributed by atoms with Crippen LogP contribution in [0.3, 0.4) is 0 Å². The molecular weight excluding hydrogens is 602 g/mol. The fourth-order valence-electron chi connectivity index (χ4n) is 5.95. The summed E-state index contributed by atoms with van der Waals surface area (Å²) >= 11 is 0. The van der Waals surface area contributed by atoms with Crippen LogP contribution >= 0.6 is 0 Å². The fraction of sp³-hybridized carbons (Fsp3) is 0.778. The summed E-state index contributed by atoms with van der Waals surface area (Å²) in [6.07, 6.45) is 0.937. The Kier molecular flexibility index (Phi) is 17.3. The van der Waals surface area contributed by atoms with Crippen LogP contribution in [0.4, 0.5) is 4.79 Å². The Morgan fingerprint density at radius 3 is 2.32 bits per heavy atom. The first-order valence-electron chi connectivity index (χ1n) is 17.2. The highest BCUT2D eigenvalue weighted by atomic mass is 16.6. The highest BCUT2D eigenvalue weighted by Gasteiger charge is 2.31. The average Bonchev–Trinajstić information content (AvgIpc) is 2.97. The maximum Gasteiger partial charge on any atom is 0.407 e. The molecule has 3 N–H and O–H groups in total. The van der Waals surface area contributed by atoms with Gasteiger partial charge in [-0.15, -0.1) is 0 Å². The van der Waals surface area contributed by atoms with E-state index in [1.165, 1.54) is 0 Å². The molecule has 1 heterocycles. The van der Waals surface area contributed by atoms with Crippen molar-refractivity contribution in [2.45, 2.75) is 111 Å². The van der Waals surface area contributed by atoms with Gasteiger partial charge in [0.25, 0.3) is 0 Å². The number of amides is 2. The zero-order chi connectivity index (χ0) is 35.1. The summed E-state index contributed by atoms with van der Waals surface area (Å²) in [4.78, 5) is 28.3. The molecule has 11 nitrogen and oxygen atoms in total. The highest BCUT2D eigenvalue weighted by Crippen LogP contribution is 2.32. The maximum atomic E-state index is 13.0. The lowest BCUT2D eigenvalue weighted by atomic mass is 9.82. The molecule has 1 aromatic carbocycles. The fourth-order valence-corrected chi connectivity index (χ4v) is 5.95. The highest BCUT2D eigenvalue weighted by molar-refractivity contribution is 5.78. The number of rotatable bonds is 19. The SMILES string of the molecule is COCCCOc1cc(CC(CC(NC(=O)OC(C)(C)C)C(O)CC(C)C(=O)NCCN2C[C@@H](C)O[C@@H](C)C2)C(C)C)ccc1OC. The summed E-state index contributed by atoms with van der Waals surface area (Å²) in [6, 6.07) is 5.31. The molecule has 1 aliphatic heterocycles.